The molecule has 0 saturated carbocycles. The summed E-state index contributed by atoms with van der Waals surface area (Å²) in [5.74, 6) is -1.58. The Bertz CT molecular complexity index is 975. The third-order valence-corrected chi connectivity index (χ3v) is 6.58. The number of hydrogen-bond donors (Lipinski definition) is 2. The second kappa shape index (κ2) is 9.42. The molecule has 2 aliphatic rings. The lowest BCUT2D eigenvalue weighted by Gasteiger charge is -2.37. The molecule has 2 aromatic rings. The number of hydrogen-bond acceptors (Lipinski definition) is 4. The molecule has 4 rings (SSSR count). The standard InChI is InChI=1S/C25H28N2O5/c1-16-17(24(29)30)11-6-14-27(16)23(28)12-13-26-25(31)32-15-22-20-9-4-2-7-18(20)19-8-3-5-10-21(19)22/h2-5,7-10,16-17,22H,6,11-15H2,1H3,(H,26,31)(H,29,30)/t16-,17-/m1/s1. The monoisotopic (exact) mass is 436 g/mol. The summed E-state index contributed by atoms with van der Waals surface area (Å²) in [6.07, 6.45) is 0.807. The Labute approximate surface area is 187 Å². The summed E-state index contributed by atoms with van der Waals surface area (Å²) in [7, 11) is 0. The quantitative estimate of drug-likeness (QED) is 0.721. The number of alkyl carbamates (subject to hydrolysis) is 1. The Balaban J connectivity index is 1.27. The number of nitrogens with one attached hydrogen (secondary N) is 1. The minimum absolute atomic E-state index is 0.0167. The maximum atomic E-state index is 12.5. The number of carboxylic acids is 1. The molecule has 7 nitrogen and oxygen atoms in total. The number of carbonyl (C=O) groups excluding carboxylic acids is 2. The molecule has 2 amide bonds. The lowest BCUT2D eigenvalue weighted by Crippen LogP contribution is -2.49. The summed E-state index contributed by atoms with van der Waals surface area (Å²) in [6.45, 7) is 2.69. The number of piperidine rings is 1. The van der Waals surface area contributed by atoms with Gasteiger partial charge < -0.3 is 20.1 Å². The van der Waals surface area contributed by atoms with Crippen molar-refractivity contribution in [2.45, 2.75) is 38.1 Å². The molecule has 1 saturated heterocycles. The van der Waals surface area contributed by atoms with E-state index in [2.05, 4.69) is 29.6 Å². The SMILES string of the molecule is C[C@@H]1[C@H](C(=O)O)CCCN1C(=O)CCNC(=O)OCC1c2ccccc2-c2ccccc21. The van der Waals surface area contributed by atoms with Crippen LogP contribution in [0.5, 0.6) is 0 Å². The number of fused-ring (bicyclic) bond motifs is 3. The van der Waals surface area contributed by atoms with Gasteiger partial charge in [-0.25, -0.2) is 4.79 Å². The number of nitrogens with zero attached hydrogens (tertiary/aromatic N) is 1. The summed E-state index contributed by atoms with van der Waals surface area (Å²) >= 11 is 0. The van der Waals surface area contributed by atoms with E-state index in [0.717, 1.165) is 22.3 Å². The van der Waals surface area contributed by atoms with Gasteiger partial charge in [0.1, 0.15) is 6.61 Å². The smallest absolute Gasteiger partial charge is 0.407 e. The first-order valence-corrected chi connectivity index (χ1v) is 11.1. The molecule has 1 aliphatic carbocycles. The van der Waals surface area contributed by atoms with Crippen molar-refractivity contribution >= 4 is 18.0 Å². The van der Waals surface area contributed by atoms with E-state index in [1.165, 1.54) is 0 Å². The van der Waals surface area contributed by atoms with Crippen LogP contribution in [0.2, 0.25) is 0 Å². The zero-order chi connectivity index (χ0) is 22.7. The molecule has 1 fully saturated rings. The van der Waals surface area contributed by atoms with Gasteiger partial charge in [0, 0.05) is 31.5 Å². The van der Waals surface area contributed by atoms with Gasteiger partial charge in [0.25, 0.3) is 0 Å². The van der Waals surface area contributed by atoms with Crippen LogP contribution in [0.3, 0.4) is 0 Å². The van der Waals surface area contributed by atoms with Gasteiger partial charge in [0.15, 0.2) is 0 Å². The molecule has 2 aromatic carbocycles. The number of amides is 2. The van der Waals surface area contributed by atoms with Gasteiger partial charge in [0.2, 0.25) is 5.91 Å². The molecule has 1 aliphatic heterocycles. The molecule has 0 radical (unpaired) electrons. The van der Waals surface area contributed by atoms with Crippen molar-refractivity contribution in [2.24, 2.45) is 5.92 Å². The van der Waals surface area contributed by atoms with E-state index in [-0.39, 0.29) is 37.4 Å². The highest BCUT2D eigenvalue weighted by molar-refractivity contribution is 5.80. The minimum atomic E-state index is -0.869. The number of likely N-dealkylation sites (tertiary alicyclic amines) is 1. The van der Waals surface area contributed by atoms with Crippen molar-refractivity contribution in [3.8, 4) is 11.1 Å². The average molecular weight is 437 g/mol. The van der Waals surface area contributed by atoms with Crippen LogP contribution in [-0.4, -0.2) is 53.7 Å². The van der Waals surface area contributed by atoms with E-state index in [1.807, 2.05) is 24.3 Å². The van der Waals surface area contributed by atoms with Gasteiger partial charge in [-0.2, -0.15) is 0 Å². The fourth-order valence-electron chi connectivity index (χ4n) is 4.89. The van der Waals surface area contributed by atoms with Crippen molar-refractivity contribution in [2.75, 3.05) is 19.7 Å². The van der Waals surface area contributed by atoms with Crippen molar-refractivity contribution < 1.29 is 24.2 Å². The molecular formula is C25H28N2O5. The Morgan fingerprint density at radius 1 is 1.06 bits per heavy atom. The zero-order valence-corrected chi connectivity index (χ0v) is 18.1. The van der Waals surface area contributed by atoms with Crippen molar-refractivity contribution in [1.82, 2.24) is 10.2 Å². The summed E-state index contributed by atoms with van der Waals surface area (Å²) < 4.78 is 5.48. The summed E-state index contributed by atoms with van der Waals surface area (Å²) in [5.41, 5.74) is 4.61. The highest BCUT2D eigenvalue weighted by Crippen LogP contribution is 2.44. The van der Waals surface area contributed by atoms with Gasteiger partial charge in [-0.1, -0.05) is 48.5 Å². The Kier molecular flexibility index (Phi) is 6.44. The van der Waals surface area contributed by atoms with Crippen LogP contribution in [0.25, 0.3) is 11.1 Å². The first-order chi connectivity index (χ1) is 15.5. The van der Waals surface area contributed by atoms with Crippen LogP contribution in [0, 0.1) is 5.92 Å². The maximum absolute atomic E-state index is 12.5. The van der Waals surface area contributed by atoms with Crippen LogP contribution in [0.1, 0.15) is 43.2 Å². The van der Waals surface area contributed by atoms with E-state index < -0.39 is 18.0 Å². The van der Waals surface area contributed by atoms with E-state index in [1.54, 1.807) is 11.8 Å². The van der Waals surface area contributed by atoms with Crippen LogP contribution >= 0.6 is 0 Å². The van der Waals surface area contributed by atoms with Gasteiger partial charge >= 0.3 is 12.1 Å². The normalized spacial score (nSPS) is 19.7. The fourth-order valence-corrected chi connectivity index (χ4v) is 4.89. The van der Waals surface area contributed by atoms with Crippen LogP contribution in [0.15, 0.2) is 48.5 Å². The first-order valence-electron chi connectivity index (χ1n) is 11.1. The van der Waals surface area contributed by atoms with Crippen LogP contribution in [-0.2, 0) is 14.3 Å². The lowest BCUT2D eigenvalue weighted by atomic mass is 9.90. The number of carbonyl (C=O) groups is 3. The molecule has 2 atom stereocenters. The Morgan fingerprint density at radius 2 is 1.69 bits per heavy atom. The molecule has 7 heteroatoms. The Hall–Kier alpha value is -3.35. The number of benzene rings is 2. The van der Waals surface area contributed by atoms with E-state index in [9.17, 15) is 19.5 Å². The zero-order valence-electron chi connectivity index (χ0n) is 18.1. The molecule has 0 bridgehead atoms. The number of ether oxygens (including phenoxy) is 1. The van der Waals surface area contributed by atoms with Crippen molar-refractivity contribution in [3.05, 3.63) is 59.7 Å². The molecule has 1 heterocycles. The topological polar surface area (TPSA) is 95.9 Å². The summed E-state index contributed by atoms with van der Waals surface area (Å²) in [6, 6.07) is 15.9. The molecule has 0 aromatic heterocycles. The molecule has 0 spiro atoms. The van der Waals surface area contributed by atoms with E-state index >= 15 is 0 Å². The van der Waals surface area contributed by atoms with Crippen LogP contribution < -0.4 is 5.32 Å². The first kappa shape index (κ1) is 21.9. The summed E-state index contributed by atoms with van der Waals surface area (Å²) in [4.78, 5) is 37.8. The van der Waals surface area contributed by atoms with Gasteiger partial charge in [-0.3, -0.25) is 9.59 Å². The summed E-state index contributed by atoms with van der Waals surface area (Å²) in [5, 5.41) is 12.0. The average Bonchev–Trinajstić information content (AvgIpc) is 3.11. The largest absolute Gasteiger partial charge is 0.481 e. The van der Waals surface area contributed by atoms with Crippen molar-refractivity contribution in [3.63, 3.8) is 0 Å². The second-order valence-corrected chi connectivity index (χ2v) is 8.42. The predicted molar refractivity (Wildman–Crippen MR) is 119 cm³/mol. The molecular weight excluding hydrogens is 408 g/mol. The third-order valence-electron chi connectivity index (χ3n) is 6.58. The molecule has 168 valence electrons. The molecule has 32 heavy (non-hydrogen) atoms. The van der Waals surface area contributed by atoms with E-state index in [0.29, 0.717) is 19.4 Å². The van der Waals surface area contributed by atoms with Crippen LogP contribution in [0.4, 0.5) is 4.79 Å². The third kappa shape index (κ3) is 4.33. The number of aliphatic carboxylic acids is 1. The second-order valence-electron chi connectivity index (χ2n) is 8.42. The van der Waals surface area contributed by atoms with Crippen molar-refractivity contribution in [1.29, 1.82) is 0 Å². The Morgan fingerprint density at radius 3 is 2.31 bits per heavy atom. The van der Waals surface area contributed by atoms with Gasteiger partial charge in [0.05, 0.1) is 5.92 Å². The number of rotatable bonds is 6. The van der Waals surface area contributed by atoms with Gasteiger partial charge in [-0.05, 0) is 42.0 Å². The number of carboxylic acid groups (broad SMARTS) is 1. The minimum Gasteiger partial charge on any atom is -0.481 e. The highest BCUT2D eigenvalue weighted by Gasteiger charge is 2.35. The fraction of sp³-hybridized carbons (Fsp3) is 0.400. The maximum Gasteiger partial charge on any atom is 0.407 e. The van der Waals surface area contributed by atoms with E-state index in [4.69, 9.17) is 4.74 Å². The molecule has 0 unspecified atom stereocenters. The molecule has 2 N–H and O–H groups in total. The van der Waals surface area contributed by atoms with Gasteiger partial charge in [-0.15, -0.1) is 0 Å². The lowest BCUT2D eigenvalue weighted by molar-refractivity contribution is -0.149. The highest BCUT2D eigenvalue weighted by atomic mass is 16.5. The predicted octanol–water partition coefficient (Wildman–Crippen LogP) is 3.63.